The molecule has 1 aliphatic rings. The second-order valence-corrected chi connectivity index (χ2v) is 5.10. The monoisotopic (exact) mass is 246 g/mol. The largest absolute Gasteiger partial charge is 0.356 e. The van der Waals surface area contributed by atoms with Crippen molar-refractivity contribution in [1.82, 2.24) is 10.6 Å². The molecule has 2 rings (SSSR count). The van der Waals surface area contributed by atoms with Crippen molar-refractivity contribution in [3.63, 3.8) is 0 Å². The zero-order chi connectivity index (χ0) is 12.8. The average Bonchev–Trinajstić information content (AvgIpc) is 2.85. The first-order chi connectivity index (χ1) is 8.75. The van der Waals surface area contributed by atoms with Gasteiger partial charge in [-0.3, -0.25) is 4.79 Å². The van der Waals surface area contributed by atoms with E-state index in [1.165, 1.54) is 12.0 Å². The van der Waals surface area contributed by atoms with Gasteiger partial charge >= 0.3 is 0 Å². The molecule has 98 valence electrons. The maximum atomic E-state index is 11.8. The van der Waals surface area contributed by atoms with Gasteiger partial charge in [-0.15, -0.1) is 0 Å². The van der Waals surface area contributed by atoms with Gasteiger partial charge in [-0.1, -0.05) is 24.3 Å². The van der Waals surface area contributed by atoms with Gasteiger partial charge in [-0.2, -0.15) is 0 Å². The van der Waals surface area contributed by atoms with Crippen molar-refractivity contribution in [3.8, 4) is 0 Å². The molecule has 0 aliphatic carbocycles. The Labute approximate surface area is 109 Å². The zero-order valence-corrected chi connectivity index (χ0v) is 11.0. The van der Waals surface area contributed by atoms with Crippen LogP contribution in [-0.4, -0.2) is 25.5 Å². The molecule has 0 unspecified atom stereocenters. The average molecular weight is 246 g/mol. The molecule has 18 heavy (non-hydrogen) atoms. The zero-order valence-electron chi connectivity index (χ0n) is 11.0. The van der Waals surface area contributed by atoms with Crippen LogP contribution >= 0.6 is 0 Å². The Morgan fingerprint density at radius 2 is 2.28 bits per heavy atom. The Bertz CT molecular complexity index is 397. The lowest BCUT2D eigenvalue weighted by atomic mass is 10.0. The number of rotatable bonds is 5. The van der Waals surface area contributed by atoms with Gasteiger partial charge in [0.25, 0.3) is 0 Å². The number of carbonyl (C=O) groups is 1. The molecule has 1 saturated heterocycles. The fraction of sp³-hybridized carbons (Fsp3) is 0.533. The SMILES string of the molecule is Cc1ccccc1CC(=O)NCC[C@@H]1CCNC1. The maximum absolute atomic E-state index is 11.8. The van der Waals surface area contributed by atoms with Crippen LogP contribution in [0.3, 0.4) is 0 Å². The van der Waals surface area contributed by atoms with Crippen molar-refractivity contribution in [3.05, 3.63) is 35.4 Å². The van der Waals surface area contributed by atoms with Gasteiger partial charge in [0.2, 0.25) is 5.91 Å². The van der Waals surface area contributed by atoms with E-state index in [1.807, 2.05) is 31.2 Å². The normalized spacial score (nSPS) is 18.8. The van der Waals surface area contributed by atoms with E-state index in [4.69, 9.17) is 0 Å². The third kappa shape index (κ3) is 3.84. The van der Waals surface area contributed by atoms with E-state index in [1.54, 1.807) is 0 Å². The molecule has 1 heterocycles. The number of nitrogens with one attached hydrogen (secondary N) is 2. The smallest absolute Gasteiger partial charge is 0.224 e. The third-order valence-corrected chi connectivity index (χ3v) is 3.65. The molecule has 0 bridgehead atoms. The molecule has 0 radical (unpaired) electrons. The van der Waals surface area contributed by atoms with Gasteiger partial charge in [0.15, 0.2) is 0 Å². The summed E-state index contributed by atoms with van der Waals surface area (Å²) in [5.41, 5.74) is 2.31. The van der Waals surface area contributed by atoms with Crippen molar-refractivity contribution in [2.24, 2.45) is 5.92 Å². The summed E-state index contributed by atoms with van der Waals surface area (Å²) in [5.74, 6) is 0.874. The number of amides is 1. The minimum atomic E-state index is 0.134. The molecule has 3 heteroatoms. The van der Waals surface area contributed by atoms with Gasteiger partial charge < -0.3 is 10.6 Å². The maximum Gasteiger partial charge on any atom is 0.224 e. The highest BCUT2D eigenvalue weighted by Crippen LogP contribution is 2.11. The van der Waals surface area contributed by atoms with Gasteiger partial charge in [0.05, 0.1) is 6.42 Å². The van der Waals surface area contributed by atoms with Gasteiger partial charge in [0, 0.05) is 6.54 Å². The van der Waals surface area contributed by atoms with Crippen LogP contribution in [0.1, 0.15) is 24.0 Å². The standard InChI is InChI=1S/C15H22N2O/c1-12-4-2-3-5-14(12)10-15(18)17-9-7-13-6-8-16-11-13/h2-5,13,16H,6-11H2,1H3,(H,17,18)/t13-/m0/s1. The topological polar surface area (TPSA) is 41.1 Å². The van der Waals surface area contributed by atoms with Crippen LogP contribution in [0.4, 0.5) is 0 Å². The van der Waals surface area contributed by atoms with Crippen molar-refractivity contribution in [2.75, 3.05) is 19.6 Å². The van der Waals surface area contributed by atoms with E-state index in [-0.39, 0.29) is 5.91 Å². The molecule has 2 N–H and O–H groups in total. The summed E-state index contributed by atoms with van der Waals surface area (Å²) < 4.78 is 0. The summed E-state index contributed by atoms with van der Waals surface area (Å²) in [6.45, 7) is 5.08. The van der Waals surface area contributed by atoms with Gasteiger partial charge in [-0.25, -0.2) is 0 Å². The Morgan fingerprint density at radius 1 is 1.44 bits per heavy atom. The molecule has 1 fully saturated rings. The first-order valence-corrected chi connectivity index (χ1v) is 6.77. The number of hydrogen-bond acceptors (Lipinski definition) is 2. The van der Waals surface area contributed by atoms with E-state index in [2.05, 4.69) is 10.6 Å². The van der Waals surface area contributed by atoms with E-state index in [0.717, 1.165) is 37.5 Å². The first kappa shape index (κ1) is 13.1. The van der Waals surface area contributed by atoms with E-state index in [0.29, 0.717) is 6.42 Å². The van der Waals surface area contributed by atoms with E-state index in [9.17, 15) is 4.79 Å². The summed E-state index contributed by atoms with van der Waals surface area (Å²) in [6.07, 6.45) is 2.83. The lowest BCUT2D eigenvalue weighted by molar-refractivity contribution is -0.120. The lowest BCUT2D eigenvalue weighted by Crippen LogP contribution is -2.28. The second-order valence-electron chi connectivity index (χ2n) is 5.10. The summed E-state index contributed by atoms with van der Waals surface area (Å²) in [4.78, 5) is 11.8. The molecule has 1 aromatic carbocycles. The molecular weight excluding hydrogens is 224 g/mol. The number of aryl methyl sites for hydroxylation is 1. The molecule has 0 aromatic heterocycles. The van der Waals surface area contributed by atoms with Crippen LogP contribution in [0.15, 0.2) is 24.3 Å². The molecule has 1 aromatic rings. The summed E-state index contributed by atoms with van der Waals surface area (Å²) in [6, 6.07) is 8.06. The molecule has 3 nitrogen and oxygen atoms in total. The highest BCUT2D eigenvalue weighted by atomic mass is 16.1. The number of carbonyl (C=O) groups excluding carboxylic acids is 1. The van der Waals surface area contributed by atoms with Crippen molar-refractivity contribution in [1.29, 1.82) is 0 Å². The lowest BCUT2D eigenvalue weighted by Gasteiger charge is -2.10. The quantitative estimate of drug-likeness (QED) is 0.829. The molecule has 0 saturated carbocycles. The molecule has 1 aliphatic heterocycles. The minimum Gasteiger partial charge on any atom is -0.356 e. The predicted octanol–water partition coefficient (Wildman–Crippen LogP) is 1.65. The highest BCUT2D eigenvalue weighted by Gasteiger charge is 2.14. The van der Waals surface area contributed by atoms with Crippen LogP contribution in [0.2, 0.25) is 0 Å². The number of benzene rings is 1. The van der Waals surface area contributed by atoms with Crippen LogP contribution in [0.25, 0.3) is 0 Å². The Balaban J connectivity index is 1.70. The number of hydrogen-bond donors (Lipinski definition) is 2. The van der Waals surface area contributed by atoms with Crippen molar-refractivity contribution >= 4 is 5.91 Å². The summed E-state index contributed by atoms with van der Waals surface area (Å²) in [5, 5.41) is 6.36. The van der Waals surface area contributed by atoms with Gasteiger partial charge in [-0.05, 0) is 49.9 Å². The third-order valence-electron chi connectivity index (χ3n) is 3.65. The molecule has 1 amide bonds. The second kappa shape index (κ2) is 6.55. The van der Waals surface area contributed by atoms with Gasteiger partial charge in [0.1, 0.15) is 0 Å². The Kier molecular flexibility index (Phi) is 4.76. The fourth-order valence-corrected chi connectivity index (χ4v) is 2.42. The Morgan fingerprint density at radius 3 is 3.00 bits per heavy atom. The first-order valence-electron chi connectivity index (χ1n) is 6.77. The minimum absolute atomic E-state index is 0.134. The van der Waals surface area contributed by atoms with E-state index < -0.39 is 0 Å². The van der Waals surface area contributed by atoms with Crippen molar-refractivity contribution < 1.29 is 4.79 Å². The van der Waals surface area contributed by atoms with Crippen LogP contribution in [0.5, 0.6) is 0 Å². The Hall–Kier alpha value is -1.35. The summed E-state index contributed by atoms with van der Waals surface area (Å²) >= 11 is 0. The molecular formula is C15H22N2O. The molecule has 1 atom stereocenters. The van der Waals surface area contributed by atoms with Crippen LogP contribution in [-0.2, 0) is 11.2 Å². The molecule has 0 spiro atoms. The van der Waals surface area contributed by atoms with Crippen LogP contribution < -0.4 is 10.6 Å². The van der Waals surface area contributed by atoms with Crippen LogP contribution in [0, 0.1) is 12.8 Å². The predicted molar refractivity (Wildman–Crippen MR) is 73.5 cm³/mol. The highest BCUT2D eigenvalue weighted by molar-refractivity contribution is 5.78. The van der Waals surface area contributed by atoms with E-state index >= 15 is 0 Å². The van der Waals surface area contributed by atoms with Crippen molar-refractivity contribution in [2.45, 2.75) is 26.2 Å². The fourth-order valence-electron chi connectivity index (χ4n) is 2.42. The summed E-state index contributed by atoms with van der Waals surface area (Å²) in [7, 11) is 0.